The number of rotatable bonds is 10. The number of carbonyl (C=O) groups is 1. The van der Waals surface area contributed by atoms with Crippen molar-refractivity contribution >= 4 is 5.91 Å². The maximum Gasteiger partial charge on any atom is 0.222 e. The molecule has 1 rings (SSSR count). The summed E-state index contributed by atoms with van der Waals surface area (Å²) < 4.78 is 0. The third-order valence-corrected chi connectivity index (χ3v) is 4.07. The summed E-state index contributed by atoms with van der Waals surface area (Å²) in [5.41, 5.74) is 5.81. The summed E-state index contributed by atoms with van der Waals surface area (Å²) in [4.78, 5) is 13.8. The summed E-state index contributed by atoms with van der Waals surface area (Å²) in [7, 11) is 0. The number of carbonyl (C=O) groups excluding carboxylic acids is 1. The van der Waals surface area contributed by atoms with Crippen LogP contribution in [0.1, 0.15) is 77.6 Å². The maximum atomic E-state index is 11.9. The number of nitrogens with zero attached hydrogens (tertiary/aromatic N) is 1. The van der Waals surface area contributed by atoms with Crippen molar-refractivity contribution in [1.82, 2.24) is 4.90 Å². The van der Waals surface area contributed by atoms with Crippen molar-refractivity contribution in [3.8, 4) is 0 Å². The number of likely N-dealkylation sites (tertiary alicyclic amines) is 1. The second-order valence-corrected chi connectivity index (χ2v) is 5.97. The van der Waals surface area contributed by atoms with E-state index in [1.54, 1.807) is 0 Å². The molecular formula is C16H32N2O. The summed E-state index contributed by atoms with van der Waals surface area (Å²) >= 11 is 0. The zero-order valence-corrected chi connectivity index (χ0v) is 12.7. The Morgan fingerprint density at radius 2 is 1.63 bits per heavy atom. The first-order valence-electron chi connectivity index (χ1n) is 8.27. The van der Waals surface area contributed by atoms with E-state index in [1.165, 1.54) is 51.4 Å². The lowest BCUT2D eigenvalue weighted by Gasteiger charge is -2.15. The molecule has 1 saturated heterocycles. The normalized spacial score (nSPS) is 19.1. The van der Waals surface area contributed by atoms with Crippen LogP contribution in [0.15, 0.2) is 0 Å². The zero-order chi connectivity index (χ0) is 13.9. The van der Waals surface area contributed by atoms with Crippen molar-refractivity contribution in [2.45, 2.75) is 83.6 Å². The molecule has 1 aliphatic rings. The Bertz CT molecular complexity index is 243. The molecule has 1 heterocycles. The molecule has 3 heteroatoms. The van der Waals surface area contributed by atoms with Gasteiger partial charge in [-0.1, -0.05) is 58.3 Å². The van der Waals surface area contributed by atoms with Gasteiger partial charge < -0.3 is 10.6 Å². The summed E-state index contributed by atoms with van der Waals surface area (Å²) in [6.45, 7) is 3.90. The average molecular weight is 268 g/mol. The summed E-state index contributed by atoms with van der Waals surface area (Å²) in [5, 5.41) is 0. The Hall–Kier alpha value is -0.570. The fraction of sp³-hybridized carbons (Fsp3) is 0.938. The second-order valence-electron chi connectivity index (χ2n) is 5.97. The van der Waals surface area contributed by atoms with Crippen LogP contribution in [0.3, 0.4) is 0 Å². The third-order valence-electron chi connectivity index (χ3n) is 4.07. The molecule has 0 spiro atoms. The van der Waals surface area contributed by atoms with Crippen LogP contribution in [0, 0.1) is 0 Å². The third kappa shape index (κ3) is 7.56. The smallest absolute Gasteiger partial charge is 0.222 e. The number of hydrogen-bond donors (Lipinski definition) is 1. The van der Waals surface area contributed by atoms with Gasteiger partial charge in [-0.25, -0.2) is 0 Å². The van der Waals surface area contributed by atoms with Crippen LogP contribution in [0.5, 0.6) is 0 Å². The van der Waals surface area contributed by atoms with E-state index >= 15 is 0 Å². The lowest BCUT2D eigenvalue weighted by Crippen LogP contribution is -2.31. The van der Waals surface area contributed by atoms with Gasteiger partial charge in [-0.2, -0.15) is 0 Å². The van der Waals surface area contributed by atoms with Gasteiger partial charge in [0, 0.05) is 25.6 Å². The lowest BCUT2D eigenvalue weighted by atomic mass is 10.1. The van der Waals surface area contributed by atoms with Crippen LogP contribution in [-0.2, 0) is 4.79 Å². The topological polar surface area (TPSA) is 46.3 Å². The van der Waals surface area contributed by atoms with E-state index in [1.807, 2.05) is 4.90 Å². The molecule has 1 fully saturated rings. The van der Waals surface area contributed by atoms with Gasteiger partial charge in [-0.3, -0.25) is 4.79 Å². The van der Waals surface area contributed by atoms with Gasteiger partial charge in [0.25, 0.3) is 0 Å². The highest BCUT2D eigenvalue weighted by Crippen LogP contribution is 2.13. The van der Waals surface area contributed by atoms with Crippen molar-refractivity contribution in [2.75, 3.05) is 13.1 Å². The van der Waals surface area contributed by atoms with Gasteiger partial charge in [0.15, 0.2) is 0 Å². The van der Waals surface area contributed by atoms with Gasteiger partial charge in [-0.15, -0.1) is 0 Å². The summed E-state index contributed by atoms with van der Waals surface area (Å²) in [5.74, 6) is 0.316. The number of hydrogen-bond acceptors (Lipinski definition) is 2. The highest BCUT2D eigenvalue weighted by Gasteiger charge is 2.22. The van der Waals surface area contributed by atoms with Crippen LogP contribution >= 0.6 is 0 Å². The molecule has 0 aromatic carbocycles. The molecule has 0 bridgehead atoms. The summed E-state index contributed by atoms with van der Waals surface area (Å²) in [6.07, 6.45) is 13.4. The van der Waals surface area contributed by atoms with Gasteiger partial charge in [0.1, 0.15) is 0 Å². The highest BCUT2D eigenvalue weighted by molar-refractivity contribution is 5.76. The SMILES string of the molecule is CCCCCCCCCCCC(=O)N1CCC(N)C1. The van der Waals surface area contributed by atoms with Gasteiger partial charge in [0.2, 0.25) is 5.91 Å². The second kappa shape index (κ2) is 10.2. The van der Waals surface area contributed by atoms with E-state index < -0.39 is 0 Å². The Balaban J connectivity index is 1.86. The molecule has 19 heavy (non-hydrogen) atoms. The van der Waals surface area contributed by atoms with E-state index in [0.29, 0.717) is 5.91 Å². The van der Waals surface area contributed by atoms with Gasteiger partial charge >= 0.3 is 0 Å². The first-order valence-corrected chi connectivity index (χ1v) is 8.27. The summed E-state index contributed by atoms with van der Waals surface area (Å²) in [6, 6.07) is 0.215. The molecule has 3 nitrogen and oxygen atoms in total. The molecule has 0 aromatic heterocycles. The van der Waals surface area contributed by atoms with E-state index in [2.05, 4.69) is 6.92 Å². The van der Waals surface area contributed by atoms with Gasteiger partial charge in [0.05, 0.1) is 0 Å². The largest absolute Gasteiger partial charge is 0.341 e. The van der Waals surface area contributed by atoms with Crippen molar-refractivity contribution in [1.29, 1.82) is 0 Å². The minimum absolute atomic E-state index is 0.215. The minimum atomic E-state index is 0.215. The molecule has 0 aliphatic carbocycles. The van der Waals surface area contributed by atoms with E-state index in [0.717, 1.165) is 32.4 Å². The van der Waals surface area contributed by atoms with E-state index in [-0.39, 0.29) is 6.04 Å². The molecule has 1 aliphatic heterocycles. The van der Waals surface area contributed by atoms with Crippen molar-refractivity contribution in [3.05, 3.63) is 0 Å². The highest BCUT2D eigenvalue weighted by atomic mass is 16.2. The van der Waals surface area contributed by atoms with E-state index in [4.69, 9.17) is 5.73 Å². The lowest BCUT2D eigenvalue weighted by molar-refractivity contribution is -0.130. The number of unbranched alkanes of at least 4 members (excludes halogenated alkanes) is 8. The monoisotopic (exact) mass is 268 g/mol. The minimum Gasteiger partial charge on any atom is -0.341 e. The predicted octanol–water partition coefficient (Wildman–Crippen LogP) is 3.47. The molecule has 112 valence electrons. The van der Waals surface area contributed by atoms with Crippen LogP contribution in [0.2, 0.25) is 0 Å². The molecule has 0 saturated carbocycles. The Morgan fingerprint density at radius 1 is 1.05 bits per heavy atom. The van der Waals surface area contributed by atoms with Crippen LogP contribution < -0.4 is 5.73 Å². The Labute approximate surface area is 118 Å². The van der Waals surface area contributed by atoms with Crippen LogP contribution in [0.4, 0.5) is 0 Å². The molecule has 1 amide bonds. The van der Waals surface area contributed by atoms with Crippen LogP contribution in [-0.4, -0.2) is 29.9 Å². The molecular weight excluding hydrogens is 236 g/mol. The predicted molar refractivity (Wildman–Crippen MR) is 81.0 cm³/mol. The Morgan fingerprint density at radius 3 is 2.16 bits per heavy atom. The van der Waals surface area contributed by atoms with E-state index in [9.17, 15) is 4.79 Å². The average Bonchev–Trinajstić information content (AvgIpc) is 2.83. The molecule has 1 unspecified atom stereocenters. The number of amides is 1. The molecule has 0 radical (unpaired) electrons. The van der Waals surface area contributed by atoms with Crippen molar-refractivity contribution < 1.29 is 4.79 Å². The van der Waals surface area contributed by atoms with Crippen molar-refractivity contribution in [2.24, 2.45) is 5.73 Å². The fourth-order valence-corrected chi connectivity index (χ4v) is 2.76. The quantitative estimate of drug-likeness (QED) is 0.617. The fourth-order valence-electron chi connectivity index (χ4n) is 2.76. The molecule has 1 atom stereocenters. The number of nitrogens with two attached hydrogens (primary N) is 1. The zero-order valence-electron chi connectivity index (χ0n) is 12.7. The maximum absolute atomic E-state index is 11.9. The molecule has 0 aromatic rings. The van der Waals surface area contributed by atoms with Crippen molar-refractivity contribution in [3.63, 3.8) is 0 Å². The first kappa shape index (κ1) is 16.5. The standard InChI is InChI=1S/C16H32N2O/c1-2-3-4-5-6-7-8-9-10-11-16(19)18-13-12-15(17)14-18/h15H,2-14,17H2,1H3. The molecule has 2 N–H and O–H groups in total. The van der Waals surface area contributed by atoms with Crippen LogP contribution in [0.25, 0.3) is 0 Å². The first-order chi connectivity index (χ1) is 9.24. The van der Waals surface area contributed by atoms with Gasteiger partial charge in [-0.05, 0) is 12.8 Å². The Kier molecular flexibility index (Phi) is 8.89.